The molecule has 0 spiro atoms. The predicted molar refractivity (Wildman–Crippen MR) is 98.3 cm³/mol. The summed E-state index contributed by atoms with van der Waals surface area (Å²) in [7, 11) is 0. The number of amides is 1. The highest BCUT2D eigenvalue weighted by Gasteiger charge is 2.17. The molecule has 142 valence electrons. The van der Waals surface area contributed by atoms with E-state index in [9.17, 15) is 14.0 Å². The van der Waals surface area contributed by atoms with Gasteiger partial charge in [-0.1, -0.05) is 18.2 Å². The first-order chi connectivity index (χ1) is 13.5. The summed E-state index contributed by atoms with van der Waals surface area (Å²) >= 11 is 0. The van der Waals surface area contributed by atoms with Crippen LogP contribution < -0.4 is 20.2 Å². The van der Waals surface area contributed by atoms with Crippen LogP contribution >= 0.6 is 0 Å². The zero-order chi connectivity index (χ0) is 19.7. The van der Waals surface area contributed by atoms with Crippen LogP contribution in [0, 0.1) is 12.7 Å². The molecule has 0 radical (unpaired) electrons. The summed E-state index contributed by atoms with van der Waals surface area (Å²) in [5, 5.41) is 6.74. The van der Waals surface area contributed by atoms with Gasteiger partial charge < -0.3 is 14.8 Å². The third-order valence-corrected chi connectivity index (χ3v) is 4.29. The first-order valence-electron chi connectivity index (χ1n) is 8.55. The Hall–Kier alpha value is -3.68. The van der Waals surface area contributed by atoms with E-state index in [1.165, 1.54) is 22.9 Å². The minimum Gasteiger partial charge on any atom is -0.454 e. The van der Waals surface area contributed by atoms with E-state index in [0.717, 1.165) is 5.56 Å². The minimum atomic E-state index is -0.646. The number of aryl methyl sites for hydroxylation is 1. The number of carbonyl (C=O) groups excluding carboxylic acids is 1. The second-order valence-corrected chi connectivity index (χ2v) is 6.23. The van der Waals surface area contributed by atoms with Crippen LogP contribution in [0.2, 0.25) is 0 Å². The lowest BCUT2D eigenvalue weighted by molar-refractivity contribution is 0.0942. The lowest BCUT2D eigenvalue weighted by atomic mass is 10.2. The molecule has 7 nitrogen and oxygen atoms in total. The van der Waals surface area contributed by atoms with Crippen LogP contribution in [0.4, 0.5) is 4.39 Å². The Morgan fingerprint density at radius 1 is 1.18 bits per heavy atom. The Morgan fingerprint density at radius 3 is 2.79 bits per heavy atom. The molecule has 1 amide bonds. The molecule has 0 bridgehead atoms. The lowest BCUT2D eigenvalue weighted by Crippen LogP contribution is -2.31. The van der Waals surface area contributed by atoms with Gasteiger partial charge in [-0.2, -0.15) is 5.10 Å². The molecular weight excluding hydrogens is 365 g/mol. The molecule has 4 rings (SSSR count). The summed E-state index contributed by atoms with van der Waals surface area (Å²) in [6.45, 7) is 1.95. The number of para-hydroxylation sites is 1. The van der Waals surface area contributed by atoms with Gasteiger partial charge in [0.25, 0.3) is 5.91 Å². The predicted octanol–water partition coefficient (Wildman–Crippen LogP) is 2.34. The lowest BCUT2D eigenvalue weighted by Gasteiger charge is -2.12. The topological polar surface area (TPSA) is 82.5 Å². The first kappa shape index (κ1) is 17.7. The normalized spacial score (nSPS) is 12.1. The van der Waals surface area contributed by atoms with Crippen molar-refractivity contribution in [1.29, 1.82) is 0 Å². The van der Waals surface area contributed by atoms with Gasteiger partial charge in [0, 0.05) is 18.3 Å². The second-order valence-electron chi connectivity index (χ2n) is 6.23. The molecule has 0 unspecified atom stereocenters. The molecule has 1 aliphatic heterocycles. The van der Waals surface area contributed by atoms with Crippen LogP contribution in [-0.2, 0) is 6.54 Å². The van der Waals surface area contributed by atoms with Gasteiger partial charge in [-0.15, -0.1) is 0 Å². The fourth-order valence-electron chi connectivity index (χ4n) is 2.89. The molecule has 1 aromatic heterocycles. The van der Waals surface area contributed by atoms with Crippen molar-refractivity contribution in [3.63, 3.8) is 0 Å². The third kappa shape index (κ3) is 3.32. The van der Waals surface area contributed by atoms with Crippen LogP contribution in [0.15, 0.2) is 53.3 Å². The molecular formula is C20H16FN3O4. The van der Waals surface area contributed by atoms with E-state index in [2.05, 4.69) is 10.4 Å². The van der Waals surface area contributed by atoms with Crippen molar-refractivity contribution in [2.24, 2.45) is 0 Å². The second kappa shape index (κ2) is 7.15. The molecule has 1 N–H and O–H groups in total. The summed E-state index contributed by atoms with van der Waals surface area (Å²) in [5.74, 6) is 0.0893. The summed E-state index contributed by atoms with van der Waals surface area (Å²) in [6.07, 6.45) is 0. The van der Waals surface area contributed by atoms with Crippen molar-refractivity contribution in [2.45, 2.75) is 13.5 Å². The number of nitrogens with zero attached hydrogens (tertiary/aromatic N) is 2. The van der Waals surface area contributed by atoms with Gasteiger partial charge >= 0.3 is 0 Å². The number of benzene rings is 2. The van der Waals surface area contributed by atoms with E-state index >= 15 is 0 Å². The highest BCUT2D eigenvalue weighted by Crippen LogP contribution is 2.32. The molecule has 28 heavy (non-hydrogen) atoms. The highest BCUT2D eigenvalue weighted by molar-refractivity contribution is 5.92. The number of fused-ring (bicyclic) bond motifs is 1. The number of nitrogens with one attached hydrogen (secondary N) is 1. The zero-order valence-corrected chi connectivity index (χ0v) is 14.9. The van der Waals surface area contributed by atoms with Crippen molar-refractivity contribution in [3.8, 4) is 17.2 Å². The van der Waals surface area contributed by atoms with E-state index in [1.807, 2.05) is 0 Å². The van der Waals surface area contributed by atoms with Crippen molar-refractivity contribution >= 4 is 5.91 Å². The van der Waals surface area contributed by atoms with Gasteiger partial charge in [0.2, 0.25) is 12.2 Å². The summed E-state index contributed by atoms with van der Waals surface area (Å²) in [5.41, 5.74) is 0.509. The van der Waals surface area contributed by atoms with Crippen LogP contribution in [0.1, 0.15) is 21.7 Å². The van der Waals surface area contributed by atoms with Crippen LogP contribution in [0.25, 0.3) is 5.69 Å². The van der Waals surface area contributed by atoms with Crippen LogP contribution in [0.5, 0.6) is 11.5 Å². The van der Waals surface area contributed by atoms with Crippen molar-refractivity contribution in [3.05, 3.63) is 81.5 Å². The molecule has 2 aromatic carbocycles. The van der Waals surface area contributed by atoms with Crippen LogP contribution in [0.3, 0.4) is 0 Å². The number of ether oxygens (including phenoxy) is 2. The van der Waals surface area contributed by atoms with Gasteiger partial charge in [-0.05, 0) is 36.8 Å². The average molecular weight is 381 g/mol. The Morgan fingerprint density at radius 2 is 1.96 bits per heavy atom. The Balaban J connectivity index is 1.58. The molecule has 0 saturated heterocycles. The van der Waals surface area contributed by atoms with E-state index < -0.39 is 17.2 Å². The fourth-order valence-corrected chi connectivity index (χ4v) is 2.89. The van der Waals surface area contributed by atoms with Crippen LogP contribution in [-0.4, -0.2) is 22.5 Å². The fraction of sp³-hybridized carbons (Fsp3) is 0.150. The van der Waals surface area contributed by atoms with E-state index in [4.69, 9.17) is 9.47 Å². The number of hydrogen-bond acceptors (Lipinski definition) is 5. The highest BCUT2D eigenvalue weighted by atomic mass is 19.1. The molecule has 0 saturated carbocycles. The smallest absolute Gasteiger partial charge is 0.276 e. The van der Waals surface area contributed by atoms with Gasteiger partial charge in [-0.25, -0.2) is 9.07 Å². The monoisotopic (exact) mass is 381 g/mol. The molecule has 0 atom stereocenters. The average Bonchev–Trinajstić information content (AvgIpc) is 3.15. The maximum absolute atomic E-state index is 14.1. The standard InChI is InChI=1S/C20H16FN3O4/c1-12-8-16(25)19(23-24(12)15-5-3-2-4-14(15)21)20(26)22-10-13-6-7-17-18(9-13)28-11-27-17/h2-9H,10-11H2,1H3,(H,22,26). The number of aromatic nitrogens is 2. The Bertz CT molecular complexity index is 1130. The molecule has 8 heteroatoms. The van der Waals surface area contributed by atoms with Crippen molar-refractivity contribution < 1.29 is 18.7 Å². The van der Waals surface area contributed by atoms with Gasteiger partial charge in [-0.3, -0.25) is 9.59 Å². The molecule has 0 aliphatic carbocycles. The van der Waals surface area contributed by atoms with Gasteiger partial charge in [0.15, 0.2) is 17.2 Å². The molecule has 3 aromatic rings. The maximum Gasteiger partial charge on any atom is 0.276 e. The summed E-state index contributed by atoms with van der Waals surface area (Å²) in [4.78, 5) is 24.8. The first-order valence-corrected chi connectivity index (χ1v) is 8.55. The van der Waals surface area contributed by atoms with Gasteiger partial charge in [0.05, 0.1) is 0 Å². The maximum atomic E-state index is 14.1. The SMILES string of the molecule is Cc1cc(=O)c(C(=O)NCc2ccc3c(c2)OCO3)nn1-c1ccccc1F. The zero-order valence-electron chi connectivity index (χ0n) is 14.9. The Labute approximate surface area is 159 Å². The van der Waals surface area contributed by atoms with E-state index in [1.54, 1.807) is 37.3 Å². The van der Waals surface area contributed by atoms with Crippen molar-refractivity contribution in [2.75, 3.05) is 6.79 Å². The molecule has 0 fully saturated rings. The van der Waals surface area contributed by atoms with E-state index in [0.29, 0.717) is 17.2 Å². The van der Waals surface area contributed by atoms with Crippen molar-refractivity contribution in [1.82, 2.24) is 15.1 Å². The third-order valence-electron chi connectivity index (χ3n) is 4.29. The largest absolute Gasteiger partial charge is 0.454 e. The number of carbonyl (C=O) groups is 1. The quantitative estimate of drug-likeness (QED) is 0.750. The number of halogens is 1. The minimum absolute atomic E-state index is 0.157. The molecule has 1 aliphatic rings. The Kier molecular flexibility index (Phi) is 4.52. The number of rotatable bonds is 4. The molecule has 2 heterocycles. The van der Waals surface area contributed by atoms with E-state index in [-0.39, 0.29) is 24.7 Å². The van der Waals surface area contributed by atoms with Gasteiger partial charge in [0.1, 0.15) is 11.5 Å². The summed E-state index contributed by atoms with van der Waals surface area (Å²) < 4.78 is 25.9. The number of hydrogen-bond donors (Lipinski definition) is 1. The summed E-state index contributed by atoms with van der Waals surface area (Å²) in [6, 6.07) is 12.6.